The van der Waals surface area contributed by atoms with Gasteiger partial charge in [0.25, 0.3) is 0 Å². The first kappa shape index (κ1) is 23.3. The number of piperidine rings is 1. The molecule has 0 atom stereocenters. The van der Waals surface area contributed by atoms with Crippen LogP contribution in [0.25, 0.3) is 0 Å². The van der Waals surface area contributed by atoms with Crippen molar-refractivity contribution in [1.29, 1.82) is 0 Å². The SMILES string of the molecule is CCNC(=NCc1c(CC)nn(C)c1CC)NC1CCN(Cc2cccc(C)c2)CC1. The smallest absolute Gasteiger partial charge is 0.191 e. The third-order valence-electron chi connectivity index (χ3n) is 6.18. The Labute approximate surface area is 188 Å². The topological polar surface area (TPSA) is 57.5 Å². The number of hydrogen-bond acceptors (Lipinski definition) is 3. The van der Waals surface area contributed by atoms with Gasteiger partial charge in [0, 0.05) is 50.5 Å². The lowest BCUT2D eigenvalue weighted by atomic mass is 10.0. The van der Waals surface area contributed by atoms with Crippen LogP contribution in [0, 0.1) is 6.92 Å². The number of rotatable bonds is 8. The zero-order valence-electron chi connectivity index (χ0n) is 20.0. The third kappa shape index (κ3) is 6.33. The number of benzene rings is 1. The summed E-state index contributed by atoms with van der Waals surface area (Å²) in [6.07, 6.45) is 4.22. The molecule has 2 heterocycles. The molecule has 0 saturated carbocycles. The fraction of sp³-hybridized carbons (Fsp3) is 0.600. The molecule has 6 nitrogen and oxygen atoms in total. The third-order valence-corrected chi connectivity index (χ3v) is 6.18. The normalized spacial score (nSPS) is 16.0. The molecule has 1 aliphatic rings. The van der Waals surface area contributed by atoms with E-state index in [9.17, 15) is 0 Å². The molecule has 1 aliphatic heterocycles. The zero-order valence-corrected chi connectivity index (χ0v) is 20.0. The Bertz CT molecular complexity index is 861. The van der Waals surface area contributed by atoms with Gasteiger partial charge in [0.05, 0.1) is 12.2 Å². The first-order valence-electron chi connectivity index (χ1n) is 11.9. The second-order valence-corrected chi connectivity index (χ2v) is 8.58. The molecule has 0 radical (unpaired) electrons. The number of hydrogen-bond donors (Lipinski definition) is 2. The second kappa shape index (κ2) is 11.3. The van der Waals surface area contributed by atoms with E-state index in [1.54, 1.807) is 0 Å². The average Bonchev–Trinajstić information content (AvgIpc) is 3.08. The first-order chi connectivity index (χ1) is 15.0. The lowest BCUT2D eigenvalue weighted by Gasteiger charge is -2.33. The van der Waals surface area contributed by atoms with Crippen molar-refractivity contribution < 1.29 is 0 Å². The summed E-state index contributed by atoms with van der Waals surface area (Å²) in [5.41, 5.74) is 6.50. The minimum absolute atomic E-state index is 0.469. The minimum Gasteiger partial charge on any atom is -0.357 e. The maximum atomic E-state index is 4.93. The average molecular weight is 425 g/mol. The summed E-state index contributed by atoms with van der Waals surface area (Å²) in [7, 11) is 2.04. The van der Waals surface area contributed by atoms with Crippen LogP contribution in [0.2, 0.25) is 0 Å². The molecule has 2 aromatic rings. The van der Waals surface area contributed by atoms with Gasteiger partial charge in [-0.2, -0.15) is 5.10 Å². The van der Waals surface area contributed by atoms with Crippen LogP contribution in [0.4, 0.5) is 0 Å². The Morgan fingerprint density at radius 2 is 1.94 bits per heavy atom. The fourth-order valence-corrected chi connectivity index (χ4v) is 4.55. The molecular formula is C25H40N6. The predicted molar refractivity (Wildman–Crippen MR) is 129 cm³/mol. The van der Waals surface area contributed by atoms with Crippen LogP contribution in [-0.2, 0) is 33.0 Å². The van der Waals surface area contributed by atoms with E-state index in [0.717, 1.165) is 57.8 Å². The molecule has 1 aromatic carbocycles. The Balaban J connectivity index is 1.57. The van der Waals surface area contributed by atoms with E-state index >= 15 is 0 Å². The zero-order chi connectivity index (χ0) is 22.2. The number of likely N-dealkylation sites (tertiary alicyclic amines) is 1. The summed E-state index contributed by atoms with van der Waals surface area (Å²) in [5, 5.41) is 11.8. The summed E-state index contributed by atoms with van der Waals surface area (Å²) in [6.45, 7) is 13.5. The van der Waals surface area contributed by atoms with Crippen LogP contribution in [0.3, 0.4) is 0 Å². The van der Waals surface area contributed by atoms with Gasteiger partial charge in [-0.3, -0.25) is 9.58 Å². The highest BCUT2D eigenvalue weighted by Crippen LogP contribution is 2.17. The Morgan fingerprint density at radius 1 is 1.16 bits per heavy atom. The van der Waals surface area contributed by atoms with Crippen molar-refractivity contribution in [3.63, 3.8) is 0 Å². The van der Waals surface area contributed by atoms with Crippen LogP contribution in [0.15, 0.2) is 29.3 Å². The molecule has 1 saturated heterocycles. The summed E-state index contributed by atoms with van der Waals surface area (Å²) in [6, 6.07) is 9.33. The van der Waals surface area contributed by atoms with Gasteiger partial charge < -0.3 is 10.6 Å². The summed E-state index contributed by atoms with van der Waals surface area (Å²) in [5.74, 6) is 0.924. The van der Waals surface area contributed by atoms with Gasteiger partial charge in [0.1, 0.15) is 0 Å². The van der Waals surface area contributed by atoms with Crippen LogP contribution in [0.5, 0.6) is 0 Å². The first-order valence-corrected chi connectivity index (χ1v) is 11.9. The Kier molecular flexibility index (Phi) is 8.52. The van der Waals surface area contributed by atoms with Gasteiger partial charge >= 0.3 is 0 Å². The van der Waals surface area contributed by atoms with E-state index in [1.807, 2.05) is 11.7 Å². The van der Waals surface area contributed by atoms with Crippen LogP contribution >= 0.6 is 0 Å². The van der Waals surface area contributed by atoms with Gasteiger partial charge in [-0.25, -0.2) is 4.99 Å². The number of guanidine groups is 1. The van der Waals surface area contributed by atoms with Crippen LogP contribution in [-0.4, -0.2) is 46.3 Å². The lowest BCUT2D eigenvalue weighted by Crippen LogP contribution is -2.48. The number of aromatic nitrogens is 2. The van der Waals surface area contributed by atoms with E-state index in [1.165, 1.54) is 28.1 Å². The number of nitrogens with one attached hydrogen (secondary N) is 2. The molecule has 0 spiro atoms. The van der Waals surface area contributed by atoms with E-state index < -0.39 is 0 Å². The van der Waals surface area contributed by atoms with E-state index in [2.05, 4.69) is 72.6 Å². The Hall–Kier alpha value is -2.34. The molecule has 1 aromatic heterocycles. The number of nitrogens with zero attached hydrogens (tertiary/aromatic N) is 4. The summed E-state index contributed by atoms with van der Waals surface area (Å²) < 4.78 is 2.02. The monoisotopic (exact) mass is 424 g/mol. The predicted octanol–water partition coefficient (Wildman–Crippen LogP) is 3.57. The molecular weight excluding hydrogens is 384 g/mol. The molecule has 3 rings (SSSR count). The van der Waals surface area contributed by atoms with Crippen molar-refractivity contribution in [2.24, 2.45) is 12.0 Å². The molecule has 1 fully saturated rings. The maximum absolute atomic E-state index is 4.93. The van der Waals surface area contributed by atoms with Gasteiger partial charge in [-0.1, -0.05) is 43.7 Å². The second-order valence-electron chi connectivity index (χ2n) is 8.58. The van der Waals surface area contributed by atoms with Crippen LogP contribution in [0.1, 0.15) is 61.7 Å². The molecule has 2 N–H and O–H groups in total. The highest BCUT2D eigenvalue weighted by Gasteiger charge is 2.20. The van der Waals surface area contributed by atoms with Crippen molar-refractivity contribution in [3.8, 4) is 0 Å². The standard InChI is InChI=1S/C25H40N6/c1-6-23-22(24(7-2)30(5)29-23)17-27-25(26-8-3)28-21-12-14-31(15-13-21)18-20-11-9-10-19(4)16-20/h9-11,16,21H,6-8,12-15,17-18H2,1-5H3,(H2,26,27,28). The lowest BCUT2D eigenvalue weighted by molar-refractivity contribution is 0.198. The van der Waals surface area contributed by atoms with Crippen LogP contribution < -0.4 is 10.6 Å². The van der Waals surface area contributed by atoms with Crippen molar-refractivity contribution in [2.75, 3.05) is 19.6 Å². The number of aliphatic imine (C=N–C) groups is 1. The quantitative estimate of drug-likeness (QED) is 0.502. The van der Waals surface area contributed by atoms with Gasteiger partial charge in [0.15, 0.2) is 5.96 Å². The molecule has 0 aliphatic carbocycles. The molecule has 0 bridgehead atoms. The summed E-state index contributed by atoms with van der Waals surface area (Å²) in [4.78, 5) is 7.50. The fourth-order valence-electron chi connectivity index (χ4n) is 4.55. The van der Waals surface area contributed by atoms with Gasteiger partial charge in [-0.05, 0) is 45.1 Å². The number of aryl methyl sites for hydroxylation is 3. The van der Waals surface area contributed by atoms with Crippen molar-refractivity contribution in [1.82, 2.24) is 25.3 Å². The van der Waals surface area contributed by atoms with Crippen molar-refractivity contribution >= 4 is 5.96 Å². The maximum Gasteiger partial charge on any atom is 0.191 e. The molecule has 170 valence electrons. The van der Waals surface area contributed by atoms with E-state index in [4.69, 9.17) is 4.99 Å². The summed E-state index contributed by atoms with van der Waals surface area (Å²) >= 11 is 0. The minimum atomic E-state index is 0.469. The molecule has 0 unspecified atom stereocenters. The van der Waals surface area contributed by atoms with Gasteiger partial charge in [-0.15, -0.1) is 0 Å². The molecule has 31 heavy (non-hydrogen) atoms. The molecule has 0 amide bonds. The molecule has 6 heteroatoms. The van der Waals surface area contributed by atoms with E-state index in [-0.39, 0.29) is 0 Å². The largest absolute Gasteiger partial charge is 0.357 e. The Morgan fingerprint density at radius 3 is 2.58 bits per heavy atom. The van der Waals surface area contributed by atoms with Crippen molar-refractivity contribution in [2.45, 2.75) is 72.5 Å². The van der Waals surface area contributed by atoms with Crippen molar-refractivity contribution in [3.05, 3.63) is 52.3 Å². The van der Waals surface area contributed by atoms with Gasteiger partial charge in [0.2, 0.25) is 0 Å². The highest BCUT2D eigenvalue weighted by molar-refractivity contribution is 5.80. The van der Waals surface area contributed by atoms with E-state index in [0.29, 0.717) is 12.6 Å². The highest BCUT2D eigenvalue weighted by atomic mass is 15.3.